The van der Waals surface area contributed by atoms with Crippen molar-refractivity contribution in [1.82, 2.24) is 9.55 Å². The predicted molar refractivity (Wildman–Crippen MR) is 74.1 cm³/mol. The molecule has 0 aliphatic carbocycles. The summed E-state index contributed by atoms with van der Waals surface area (Å²) in [6, 6.07) is 10.6. The molecule has 1 aromatic heterocycles. The van der Waals surface area contributed by atoms with Crippen molar-refractivity contribution >= 4 is 0 Å². The van der Waals surface area contributed by atoms with E-state index < -0.39 is 0 Å². The molecule has 0 bridgehead atoms. The third kappa shape index (κ3) is 2.99. The van der Waals surface area contributed by atoms with Gasteiger partial charge < -0.3 is 10.3 Å². The highest BCUT2D eigenvalue weighted by molar-refractivity contribution is 5.15. The van der Waals surface area contributed by atoms with Crippen LogP contribution in [0.2, 0.25) is 0 Å². The van der Waals surface area contributed by atoms with Gasteiger partial charge in [0, 0.05) is 18.8 Å². The SMILES string of the molecule is CC(C)C(N)c1cncn1CCc1ccccc1. The molecule has 0 saturated heterocycles. The van der Waals surface area contributed by atoms with Gasteiger partial charge in [-0.05, 0) is 17.9 Å². The second kappa shape index (κ2) is 5.83. The van der Waals surface area contributed by atoms with Crippen molar-refractivity contribution in [3.8, 4) is 0 Å². The van der Waals surface area contributed by atoms with Crippen LogP contribution in [0.5, 0.6) is 0 Å². The number of aromatic nitrogens is 2. The molecule has 3 nitrogen and oxygen atoms in total. The molecule has 2 aromatic rings. The molecule has 1 atom stereocenters. The van der Waals surface area contributed by atoms with Gasteiger partial charge in [0.2, 0.25) is 0 Å². The van der Waals surface area contributed by atoms with Crippen LogP contribution in [0.4, 0.5) is 0 Å². The Kier molecular flexibility index (Phi) is 4.15. The molecule has 0 aliphatic rings. The summed E-state index contributed by atoms with van der Waals surface area (Å²) in [7, 11) is 0. The van der Waals surface area contributed by atoms with Gasteiger partial charge in [0.25, 0.3) is 0 Å². The van der Waals surface area contributed by atoms with Gasteiger partial charge in [-0.25, -0.2) is 4.98 Å². The van der Waals surface area contributed by atoms with Gasteiger partial charge in [-0.2, -0.15) is 0 Å². The maximum Gasteiger partial charge on any atom is 0.0948 e. The molecule has 0 saturated carbocycles. The van der Waals surface area contributed by atoms with Crippen molar-refractivity contribution in [3.05, 3.63) is 54.1 Å². The van der Waals surface area contributed by atoms with Gasteiger partial charge in [-0.15, -0.1) is 0 Å². The van der Waals surface area contributed by atoms with E-state index in [-0.39, 0.29) is 6.04 Å². The first kappa shape index (κ1) is 12.8. The highest BCUT2D eigenvalue weighted by atomic mass is 15.1. The van der Waals surface area contributed by atoms with Gasteiger partial charge in [0.05, 0.1) is 12.0 Å². The average molecular weight is 243 g/mol. The smallest absolute Gasteiger partial charge is 0.0948 e. The number of hydrogen-bond donors (Lipinski definition) is 1. The number of nitrogens with zero attached hydrogens (tertiary/aromatic N) is 2. The van der Waals surface area contributed by atoms with Crippen LogP contribution in [-0.4, -0.2) is 9.55 Å². The zero-order chi connectivity index (χ0) is 13.0. The Balaban J connectivity index is 2.04. The number of imidazole rings is 1. The number of nitrogens with two attached hydrogens (primary N) is 1. The highest BCUT2D eigenvalue weighted by Gasteiger charge is 2.14. The molecule has 0 radical (unpaired) electrons. The summed E-state index contributed by atoms with van der Waals surface area (Å²) >= 11 is 0. The lowest BCUT2D eigenvalue weighted by Crippen LogP contribution is -2.20. The predicted octanol–water partition coefficient (Wildman–Crippen LogP) is 2.78. The summed E-state index contributed by atoms with van der Waals surface area (Å²) in [6.07, 6.45) is 4.77. The molecule has 96 valence electrons. The van der Waals surface area contributed by atoms with Gasteiger partial charge in [-0.3, -0.25) is 0 Å². The van der Waals surface area contributed by atoms with E-state index in [2.05, 4.69) is 47.7 Å². The third-order valence-corrected chi connectivity index (χ3v) is 3.29. The minimum atomic E-state index is 0.0586. The van der Waals surface area contributed by atoms with Gasteiger partial charge in [0.1, 0.15) is 0 Å². The fourth-order valence-corrected chi connectivity index (χ4v) is 2.03. The summed E-state index contributed by atoms with van der Waals surface area (Å²) < 4.78 is 2.16. The fraction of sp³-hybridized carbons (Fsp3) is 0.400. The molecule has 2 N–H and O–H groups in total. The quantitative estimate of drug-likeness (QED) is 0.877. The van der Waals surface area contributed by atoms with Crippen LogP contribution in [0, 0.1) is 5.92 Å². The molecule has 1 aromatic carbocycles. The number of benzene rings is 1. The molecular formula is C15H21N3. The van der Waals surface area contributed by atoms with E-state index in [9.17, 15) is 0 Å². The lowest BCUT2D eigenvalue weighted by Gasteiger charge is -2.17. The molecule has 2 rings (SSSR count). The highest BCUT2D eigenvalue weighted by Crippen LogP contribution is 2.18. The van der Waals surface area contributed by atoms with Crippen LogP contribution in [0.3, 0.4) is 0 Å². The van der Waals surface area contributed by atoms with Crippen LogP contribution in [0.25, 0.3) is 0 Å². The Bertz CT molecular complexity index is 473. The molecule has 1 unspecified atom stereocenters. The second-order valence-corrected chi connectivity index (χ2v) is 5.02. The lowest BCUT2D eigenvalue weighted by atomic mass is 10.0. The molecule has 0 spiro atoms. The van der Waals surface area contributed by atoms with Gasteiger partial charge in [0.15, 0.2) is 0 Å². The minimum absolute atomic E-state index is 0.0586. The summed E-state index contributed by atoms with van der Waals surface area (Å²) in [4.78, 5) is 4.22. The van der Waals surface area contributed by atoms with E-state index in [0.29, 0.717) is 5.92 Å². The maximum absolute atomic E-state index is 6.19. The molecular weight excluding hydrogens is 222 g/mol. The number of rotatable bonds is 5. The van der Waals surface area contributed by atoms with Crippen LogP contribution in [-0.2, 0) is 13.0 Å². The summed E-state index contributed by atoms with van der Waals surface area (Å²) in [5, 5.41) is 0. The molecule has 0 amide bonds. The Hall–Kier alpha value is -1.61. The zero-order valence-electron chi connectivity index (χ0n) is 11.1. The molecule has 0 aliphatic heterocycles. The third-order valence-electron chi connectivity index (χ3n) is 3.29. The standard InChI is InChI=1S/C15H21N3/c1-12(2)15(16)14-10-17-11-18(14)9-8-13-6-4-3-5-7-13/h3-7,10-12,15H,8-9,16H2,1-2H3. The topological polar surface area (TPSA) is 43.8 Å². The maximum atomic E-state index is 6.19. The van der Waals surface area contributed by atoms with E-state index in [1.165, 1.54) is 5.56 Å². The van der Waals surface area contributed by atoms with E-state index >= 15 is 0 Å². The first-order valence-electron chi connectivity index (χ1n) is 6.48. The van der Waals surface area contributed by atoms with Crippen molar-refractivity contribution in [2.75, 3.05) is 0 Å². The molecule has 18 heavy (non-hydrogen) atoms. The monoisotopic (exact) mass is 243 g/mol. The first-order valence-corrected chi connectivity index (χ1v) is 6.48. The Labute approximate surface area is 109 Å². The summed E-state index contributed by atoms with van der Waals surface area (Å²) in [6.45, 7) is 5.21. The first-order chi connectivity index (χ1) is 8.68. The van der Waals surface area contributed by atoms with E-state index in [1.54, 1.807) is 0 Å². The van der Waals surface area contributed by atoms with Crippen molar-refractivity contribution in [2.24, 2.45) is 11.7 Å². The zero-order valence-corrected chi connectivity index (χ0v) is 11.1. The van der Waals surface area contributed by atoms with E-state index in [1.807, 2.05) is 18.6 Å². The second-order valence-electron chi connectivity index (χ2n) is 5.02. The molecule has 1 heterocycles. The lowest BCUT2D eigenvalue weighted by molar-refractivity contribution is 0.477. The van der Waals surface area contributed by atoms with Crippen molar-refractivity contribution in [3.63, 3.8) is 0 Å². The van der Waals surface area contributed by atoms with E-state index in [4.69, 9.17) is 5.73 Å². The van der Waals surface area contributed by atoms with Gasteiger partial charge >= 0.3 is 0 Å². The Morgan fingerprint density at radius 2 is 1.94 bits per heavy atom. The van der Waals surface area contributed by atoms with E-state index in [0.717, 1.165) is 18.7 Å². The van der Waals surface area contributed by atoms with Crippen LogP contribution in [0.1, 0.15) is 31.1 Å². The minimum Gasteiger partial charge on any atom is -0.333 e. The molecule has 3 heteroatoms. The Morgan fingerprint density at radius 1 is 1.22 bits per heavy atom. The largest absolute Gasteiger partial charge is 0.333 e. The van der Waals surface area contributed by atoms with Crippen LogP contribution < -0.4 is 5.73 Å². The van der Waals surface area contributed by atoms with Crippen molar-refractivity contribution in [1.29, 1.82) is 0 Å². The molecule has 0 fully saturated rings. The normalized spacial score (nSPS) is 12.9. The van der Waals surface area contributed by atoms with Crippen molar-refractivity contribution in [2.45, 2.75) is 32.9 Å². The van der Waals surface area contributed by atoms with Gasteiger partial charge in [-0.1, -0.05) is 44.2 Å². The number of hydrogen-bond acceptors (Lipinski definition) is 2. The Morgan fingerprint density at radius 3 is 2.61 bits per heavy atom. The summed E-state index contributed by atoms with van der Waals surface area (Å²) in [5.41, 5.74) is 8.66. The fourth-order valence-electron chi connectivity index (χ4n) is 2.03. The average Bonchev–Trinajstić information content (AvgIpc) is 2.84. The number of aryl methyl sites for hydroxylation is 2. The van der Waals surface area contributed by atoms with Crippen molar-refractivity contribution < 1.29 is 0 Å². The van der Waals surface area contributed by atoms with Crippen LogP contribution in [0.15, 0.2) is 42.9 Å². The summed E-state index contributed by atoms with van der Waals surface area (Å²) in [5.74, 6) is 0.428. The van der Waals surface area contributed by atoms with Crippen LogP contribution >= 0.6 is 0 Å².